The number of esters is 1. The van der Waals surface area contributed by atoms with Crippen LogP contribution in [0.25, 0.3) is 0 Å². The van der Waals surface area contributed by atoms with E-state index in [1.54, 1.807) is 12.1 Å². The summed E-state index contributed by atoms with van der Waals surface area (Å²) in [6.45, 7) is 23.8. The number of carbonyl (C=O) groups is 1. The molecule has 0 saturated carbocycles. The first-order valence-electron chi connectivity index (χ1n) is 13.5. The molecule has 1 unspecified atom stereocenters. The predicted molar refractivity (Wildman–Crippen MR) is 150 cm³/mol. The Labute approximate surface area is 221 Å². The van der Waals surface area contributed by atoms with Crippen LogP contribution in [0.3, 0.4) is 0 Å². The summed E-state index contributed by atoms with van der Waals surface area (Å²) < 4.78 is 25.3. The Morgan fingerprint density at radius 1 is 1.06 bits per heavy atom. The van der Waals surface area contributed by atoms with Crippen LogP contribution >= 0.6 is 0 Å². The fourth-order valence-corrected chi connectivity index (χ4v) is 5.53. The highest BCUT2D eigenvalue weighted by atomic mass is 28.4. The molecule has 0 amide bonds. The van der Waals surface area contributed by atoms with Crippen LogP contribution in [0.2, 0.25) is 18.1 Å². The summed E-state index contributed by atoms with van der Waals surface area (Å²) in [5.74, 6) is -0.407. The van der Waals surface area contributed by atoms with Crippen molar-refractivity contribution in [1.29, 1.82) is 0 Å². The van der Waals surface area contributed by atoms with Gasteiger partial charge < -0.3 is 18.6 Å². The number of hydrogen-bond donors (Lipinski definition) is 0. The molecule has 36 heavy (non-hydrogen) atoms. The van der Waals surface area contributed by atoms with E-state index >= 15 is 0 Å². The van der Waals surface area contributed by atoms with Crippen molar-refractivity contribution in [1.82, 2.24) is 0 Å². The molecule has 1 aliphatic heterocycles. The molecule has 1 heterocycles. The zero-order valence-electron chi connectivity index (χ0n) is 24.5. The van der Waals surface area contributed by atoms with Crippen molar-refractivity contribution < 1.29 is 23.4 Å². The minimum absolute atomic E-state index is 0.0431. The second-order valence-corrected chi connectivity index (χ2v) is 17.4. The smallest absolute Gasteiger partial charge is 0.338 e. The first-order valence-corrected chi connectivity index (χ1v) is 16.4. The van der Waals surface area contributed by atoms with Gasteiger partial charge in [0.2, 0.25) is 0 Å². The van der Waals surface area contributed by atoms with Gasteiger partial charge in [0, 0.05) is 6.10 Å². The number of rotatable bonds is 11. The quantitative estimate of drug-likeness (QED) is 0.170. The van der Waals surface area contributed by atoms with Crippen LogP contribution in [0.4, 0.5) is 0 Å². The van der Waals surface area contributed by atoms with Gasteiger partial charge in [-0.3, -0.25) is 0 Å². The highest BCUT2D eigenvalue weighted by Crippen LogP contribution is 2.38. The average Bonchev–Trinajstić information content (AvgIpc) is 3.08. The lowest BCUT2D eigenvalue weighted by molar-refractivity contribution is -0.153. The van der Waals surface area contributed by atoms with Crippen molar-refractivity contribution in [2.24, 2.45) is 11.8 Å². The fourth-order valence-electron chi connectivity index (χ4n) is 4.03. The van der Waals surface area contributed by atoms with Crippen LogP contribution in [0.5, 0.6) is 0 Å². The molecule has 1 aliphatic rings. The van der Waals surface area contributed by atoms with E-state index in [0.717, 1.165) is 12.8 Å². The maximum absolute atomic E-state index is 13.1. The van der Waals surface area contributed by atoms with Gasteiger partial charge in [-0.25, -0.2) is 4.79 Å². The Hall–Kier alpha value is -1.47. The van der Waals surface area contributed by atoms with Gasteiger partial charge in [-0.15, -0.1) is 0 Å². The van der Waals surface area contributed by atoms with E-state index in [4.69, 9.17) is 18.6 Å². The zero-order valence-corrected chi connectivity index (χ0v) is 25.5. The third kappa shape index (κ3) is 8.82. The molecule has 5 atom stereocenters. The van der Waals surface area contributed by atoms with Crippen LogP contribution in [0, 0.1) is 11.8 Å². The van der Waals surface area contributed by atoms with Crippen molar-refractivity contribution in [3.05, 3.63) is 48.0 Å². The molecule has 0 spiro atoms. The molecular weight excluding hydrogens is 468 g/mol. The average molecular weight is 519 g/mol. The van der Waals surface area contributed by atoms with Crippen molar-refractivity contribution in [3.63, 3.8) is 0 Å². The molecule has 0 N–H and O–H groups in total. The molecule has 1 fully saturated rings. The van der Waals surface area contributed by atoms with Gasteiger partial charge >= 0.3 is 5.97 Å². The lowest BCUT2D eigenvalue weighted by atomic mass is 9.97. The Morgan fingerprint density at radius 2 is 1.67 bits per heavy atom. The molecule has 0 aliphatic carbocycles. The van der Waals surface area contributed by atoms with E-state index in [2.05, 4.69) is 67.6 Å². The Balaban J connectivity index is 2.27. The van der Waals surface area contributed by atoms with E-state index in [0.29, 0.717) is 11.5 Å². The van der Waals surface area contributed by atoms with E-state index in [1.807, 2.05) is 38.1 Å². The van der Waals surface area contributed by atoms with Crippen LogP contribution in [0.1, 0.15) is 85.5 Å². The largest absolute Gasteiger partial charge is 0.452 e. The van der Waals surface area contributed by atoms with Crippen molar-refractivity contribution in [2.45, 2.75) is 123 Å². The highest BCUT2D eigenvalue weighted by molar-refractivity contribution is 6.74. The van der Waals surface area contributed by atoms with E-state index in [9.17, 15) is 4.79 Å². The van der Waals surface area contributed by atoms with Crippen LogP contribution in [-0.2, 0) is 18.6 Å². The molecule has 1 saturated heterocycles. The number of carbonyl (C=O) groups excluding carboxylic acids is 1. The second-order valence-electron chi connectivity index (χ2n) is 12.7. The van der Waals surface area contributed by atoms with Gasteiger partial charge in [0.05, 0.1) is 11.7 Å². The predicted octanol–water partition coefficient (Wildman–Crippen LogP) is 7.77. The molecule has 0 bridgehead atoms. The van der Waals surface area contributed by atoms with Crippen molar-refractivity contribution in [2.75, 3.05) is 0 Å². The van der Waals surface area contributed by atoms with Crippen LogP contribution in [0.15, 0.2) is 42.5 Å². The SMILES string of the molecule is CC(C)CC[C@@H]1OC(C)(C)O[C@@H]1C(C=C[C@@H](C)[C@H](C)O[Si](C)(C)C(C)(C)C)OC(=O)c1ccccc1. The topological polar surface area (TPSA) is 54.0 Å². The van der Waals surface area contributed by atoms with Gasteiger partial charge in [-0.2, -0.15) is 0 Å². The van der Waals surface area contributed by atoms with Crippen LogP contribution < -0.4 is 0 Å². The molecule has 5 nitrogen and oxygen atoms in total. The van der Waals surface area contributed by atoms with Gasteiger partial charge in [-0.05, 0) is 81.8 Å². The van der Waals surface area contributed by atoms with E-state index in [1.165, 1.54) is 0 Å². The fraction of sp³-hybridized carbons (Fsp3) is 0.700. The van der Waals surface area contributed by atoms with Gasteiger partial charge in [-0.1, -0.05) is 65.8 Å². The molecular formula is C30H50O5Si. The molecule has 6 heteroatoms. The number of hydrogen-bond acceptors (Lipinski definition) is 5. The molecule has 0 radical (unpaired) electrons. The molecule has 2 rings (SSSR count). The van der Waals surface area contributed by atoms with Gasteiger partial charge in [0.15, 0.2) is 14.1 Å². The zero-order chi connectivity index (χ0) is 27.3. The summed E-state index contributed by atoms with van der Waals surface area (Å²) in [4.78, 5) is 13.1. The lowest BCUT2D eigenvalue weighted by Crippen LogP contribution is -2.44. The van der Waals surface area contributed by atoms with E-state index in [-0.39, 0.29) is 35.2 Å². The van der Waals surface area contributed by atoms with Gasteiger partial charge in [0.1, 0.15) is 12.2 Å². The normalized spacial score (nSPS) is 23.1. The molecule has 1 aromatic carbocycles. The highest BCUT2D eigenvalue weighted by Gasteiger charge is 2.46. The Morgan fingerprint density at radius 3 is 2.22 bits per heavy atom. The van der Waals surface area contributed by atoms with Gasteiger partial charge in [0.25, 0.3) is 0 Å². The summed E-state index contributed by atoms with van der Waals surface area (Å²) in [7, 11) is -1.90. The maximum Gasteiger partial charge on any atom is 0.338 e. The summed E-state index contributed by atoms with van der Waals surface area (Å²) in [6.07, 6.45) is 4.88. The number of ether oxygens (including phenoxy) is 3. The Kier molecular flexibility index (Phi) is 10.6. The third-order valence-corrected chi connectivity index (χ3v) is 12.0. The van der Waals surface area contributed by atoms with Crippen molar-refractivity contribution >= 4 is 14.3 Å². The van der Waals surface area contributed by atoms with Crippen molar-refractivity contribution in [3.8, 4) is 0 Å². The standard InChI is InChI=1S/C30H50O5Si/c1-21(2)17-19-26-27(34-30(8,9)33-26)25(32-28(31)24-15-13-12-14-16-24)20-18-22(3)23(4)35-36(10,11)29(5,6)7/h12-16,18,20-23,25-27H,17,19H2,1-11H3/t22-,23+,25?,26+,27-/m1/s1. The lowest BCUT2D eigenvalue weighted by Gasteiger charge is -2.39. The third-order valence-electron chi connectivity index (χ3n) is 7.46. The molecule has 0 aromatic heterocycles. The minimum Gasteiger partial charge on any atom is -0.452 e. The van der Waals surface area contributed by atoms with Crippen LogP contribution in [-0.4, -0.2) is 44.5 Å². The minimum atomic E-state index is -1.90. The summed E-state index contributed by atoms with van der Waals surface area (Å²) in [5.41, 5.74) is 0.524. The summed E-state index contributed by atoms with van der Waals surface area (Å²) in [5, 5.41) is 0.142. The first kappa shape index (κ1) is 30.7. The Bertz CT molecular complexity index is 856. The maximum atomic E-state index is 13.1. The molecule has 1 aromatic rings. The first-order chi connectivity index (χ1) is 16.5. The monoisotopic (exact) mass is 518 g/mol. The molecule has 204 valence electrons. The summed E-state index contributed by atoms with van der Waals surface area (Å²) >= 11 is 0. The van der Waals surface area contributed by atoms with E-state index < -0.39 is 20.2 Å². The number of benzene rings is 1. The summed E-state index contributed by atoms with van der Waals surface area (Å²) in [6, 6.07) is 9.11. The second kappa shape index (κ2) is 12.4.